The Hall–Kier alpha value is 0.440. The van der Waals surface area contributed by atoms with Gasteiger partial charge in [0.05, 0.1) is 3.57 Å². The van der Waals surface area contributed by atoms with E-state index in [2.05, 4.69) is 52.1 Å². The highest BCUT2D eigenvalue weighted by atomic mass is 127. The first-order valence-electron chi connectivity index (χ1n) is 4.49. The smallest absolute Gasteiger partial charge is 0.133 e. The highest BCUT2D eigenvalue weighted by Crippen LogP contribution is 2.31. The minimum Gasteiger partial charge on any atom is -0.506 e. The summed E-state index contributed by atoms with van der Waals surface area (Å²) in [5.41, 5.74) is 6.84. The van der Waals surface area contributed by atoms with E-state index in [1.807, 2.05) is 12.1 Å². The van der Waals surface area contributed by atoms with Gasteiger partial charge in [-0.15, -0.1) is 0 Å². The summed E-state index contributed by atoms with van der Waals surface area (Å²) >= 11 is 4.37. The molecule has 0 aromatic heterocycles. The van der Waals surface area contributed by atoms with E-state index in [1.54, 1.807) is 0 Å². The molecule has 0 bridgehead atoms. The number of halogens is 2. The Labute approximate surface area is 112 Å². The molecule has 0 radical (unpaired) electrons. The Morgan fingerprint density at radius 2 is 2.07 bits per heavy atom. The predicted octanol–water partition coefficient (Wildman–Crippen LogP) is 3.40. The van der Waals surface area contributed by atoms with E-state index in [9.17, 15) is 5.11 Å². The van der Waals surface area contributed by atoms with Gasteiger partial charge in [0.25, 0.3) is 0 Å². The van der Waals surface area contributed by atoms with Crippen LogP contribution in [0.1, 0.15) is 31.4 Å². The van der Waals surface area contributed by atoms with Crippen LogP contribution in [0, 0.1) is 7.14 Å². The number of hydrogen-bond acceptors (Lipinski definition) is 2. The van der Waals surface area contributed by atoms with E-state index in [0.29, 0.717) is 5.75 Å². The minimum absolute atomic E-state index is 0.0526. The summed E-state index contributed by atoms with van der Waals surface area (Å²) in [5.74, 6) is 0.340. The molecule has 0 spiro atoms. The number of nitrogens with two attached hydrogens (primary N) is 1. The maximum atomic E-state index is 9.83. The molecule has 0 aliphatic carbocycles. The molecule has 1 aromatic rings. The van der Waals surface area contributed by atoms with E-state index in [1.165, 1.54) is 0 Å². The van der Waals surface area contributed by atoms with Gasteiger partial charge in [-0.05, 0) is 63.7 Å². The van der Waals surface area contributed by atoms with Crippen molar-refractivity contribution in [2.45, 2.75) is 25.8 Å². The molecule has 3 N–H and O–H groups in total. The minimum atomic E-state index is -0.0526. The topological polar surface area (TPSA) is 46.2 Å². The van der Waals surface area contributed by atoms with Crippen molar-refractivity contribution in [3.63, 3.8) is 0 Å². The fourth-order valence-corrected chi connectivity index (χ4v) is 3.22. The van der Waals surface area contributed by atoms with Crippen LogP contribution >= 0.6 is 45.2 Å². The average molecular weight is 417 g/mol. The van der Waals surface area contributed by atoms with Crippen molar-refractivity contribution in [3.8, 4) is 5.75 Å². The summed E-state index contributed by atoms with van der Waals surface area (Å²) < 4.78 is 1.99. The van der Waals surface area contributed by atoms with Gasteiger partial charge in [-0.2, -0.15) is 0 Å². The number of hydrogen-bond donors (Lipinski definition) is 2. The summed E-state index contributed by atoms with van der Waals surface area (Å²) in [6.45, 7) is 2.09. The maximum Gasteiger partial charge on any atom is 0.133 e. The standard InChI is InChI=1S/C10H13I2NO/c1-2-3-9(13)7-4-6(11)5-8(12)10(7)14/h4-5,9,14H,2-3,13H2,1H3/t9-/m0/s1. The molecule has 0 amide bonds. The van der Waals surface area contributed by atoms with Crippen molar-refractivity contribution in [1.82, 2.24) is 0 Å². The lowest BCUT2D eigenvalue weighted by molar-refractivity contribution is 0.454. The van der Waals surface area contributed by atoms with Gasteiger partial charge in [0, 0.05) is 15.2 Å². The maximum absolute atomic E-state index is 9.83. The number of phenols is 1. The van der Waals surface area contributed by atoms with E-state index in [0.717, 1.165) is 25.5 Å². The number of benzene rings is 1. The van der Waals surface area contributed by atoms with Crippen molar-refractivity contribution >= 4 is 45.2 Å². The van der Waals surface area contributed by atoms with Crippen LogP contribution in [0.25, 0.3) is 0 Å². The Kier molecular flexibility index (Phi) is 4.92. The molecule has 1 aromatic carbocycles. The van der Waals surface area contributed by atoms with Crippen LogP contribution in [-0.4, -0.2) is 5.11 Å². The van der Waals surface area contributed by atoms with Crippen LogP contribution in [0.3, 0.4) is 0 Å². The average Bonchev–Trinajstić information content (AvgIpc) is 2.11. The summed E-state index contributed by atoms with van der Waals surface area (Å²) in [6.07, 6.45) is 1.94. The summed E-state index contributed by atoms with van der Waals surface area (Å²) in [7, 11) is 0. The lowest BCUT2D eigenvalue weighted by Crippen LogP contribution is -2.10. The van der Waals surface area contributed by atoms with E-state index >= 15 is 0 Å². The van der Waals surface area contributed by atoms with Crippen molar-refractivity contribution in [3.05, 3.63) is 24.8 Å². The summed E-state index contributed by atoms with van der Waals surface area (Å²) in [6, 6.07) is 3.85. The lowest BCUT2D eigenvalue weighted by atomic mass is 10.0. The van der Waals surface area contributed by atoms with Gasteiger partial charge >= 0.3 is 0 Å². The van der Waals surface area contributed by atoms with Crippen LogP contribution in [0.2, 0.25) is 0 Å². The first-order chi connectivity index (χ1) is 6.56. The van der Waals surface area contributed by atoms with Gasteiger partial charge in [-0.1, -0.05) is 13.3 Å². The van der Waals surface area contributed by atoms with Crippen LogP contribution in [0.5, 0.6) is 5.75 Å². The van der Waals surface area contributed by atoms with Crippen LogP contribution < -0.4 is 5.73 Å². The third-order valence-corrected chi connectivity index (χ3v) is 3.50. The molecule has 4 heteroatoms. The molecular weight excluding hydrogens is 404 g/mol. The quantitative estimate of drug-likeness (QED) is 0.742. The normalized spacial score (nSPS) is 12.9. The highest BCUT2D eigenvalue weighted by Gasteiger charge is 2.13. The molecular formula is C10H13I2NO. The summed E-state index contributed by atoms with van der Waals surface area (Å²) in [5, 5.41) is 9.83. The molecule has 0 saturated carbocycles. The van der Waals surface area contributed by atoms with Gasteiger partial charge in [-0.3, -0.25) is 0 Å². The second-order valence-electron chi connectivity index (χ2n) is 3.22. The first-order valence-corrected chi connectivity index (χ1v) is 6.65. The summed E-state index contributed by atoms with van der Waals surface area (Å²) in [4.78, 5) is 0. The van der Waals surface area contributed by atoms with E-state index < -0.39 is 0 Å². The Morgan fingerprint density at radius 3 is 2.64 bits per heavy atom. The SMILES string of the molecule is CCC[C@H](N)c1cc(I)cc(I)c1O. The van der Waals surface area contributed by atoms with Gasteiger partial charge in [-0.25, -0.2) is 0 Å². The monoisotopic (exact) mass is 417 g/mol. The lowest BCUT2D eigenvalue weighted by Gasteiger charge is -2.14. The second kappa shape index (κ2) is 5.50. The molecule has 0 aliphatic rings. The zero-order chi connectivity index (χ0) is 10.7. The first kappa shape index (κ1) is 12.5. The van der Waals surface area contributed by atoms with Gasteiger partial charge in [0.1, 0.15) is 5.75 Å². The van der Waals surface area contributed by atoms with E-state index in [4.69, 9.17) is 5.73 Å². The molecule has 0 heterocycles. The molecule has 1 atom stereocenters. The molecule has 2 nitrogen and oxygen atoms in total. The zero-order valence-electron chi connectivity index (χ0n) is 7.93. The van der Waals surface area contributed by atoms with Gasteiger partial charge in [0.2, 0.25) is 0 Å². The molecule has 0 saturated heterocycles. The molecule has 78 valence electrons. The largest absolute Gasteiger partial charge is 0.506 e. The predicted molar refractivity (Wildman–Crippen MR) is 75.4 cm³/mol. The molecule has 0 aliphatic heterocycles. The van der Waals surface area contributed by atoms with Crippen molar-refractivity contribution in [2.75, 3.05) is 0 Å². The fourth-order valence-electron chi connectivity index (χ4n) is 1.34. The number of phenolic OH excluding ortho intramolecular Hbond substituents is 1. The molecule has 0 unspecified atom stereocenters. The second-order valence-corrected chi connectivity index (χ2v) is 5.63. The molecule has 14 heavy (non-hydrogen) atoms. The van der Waals surface area contributed by atoms with Crippen LogP contribution in [0.4, 0.5) is 0 Å². The Balaban J connectivity index is 3.07. The van der Waals surface area contributed by atoms with Crippen molar-refractivity contribution in [2.24, 2.45) is 5.73 Å². The Bertz CT molecular complexity index is 328. The number of aromatic hydroxyl groups is 1. The van der Waals surface area contributed by atoms with E-state index in [-0.39, 0.29) is 6.04 Å². The van der Waals surface area contributed by atoms with Gasteiger partial charge < -0.3 is 10.8 Å². The molecule has 1 rings (SSSR count). The fraction of sp³-hybridized carbons (Fsp3) is 0.400. The molecule has 0 fully saturated rings. The van der Waals surface area contributed by atoms with Gasteiger partial charge in [0.15, 0.2) is 0 Å². The van der Waals surface area contributed by atoms with Crippen molar-refractivity contribution in [1.29, 1.82) is 0 Å². The zero-order valence-corrected chi connectivity index (χ0v) is 12.2. The Morgan fingerprint density at radius 1 is 1.43 bits per heavy atom. The van der Waals surface area contributed by atoms with Crippen molar-refractivity contribution < 1.29 is 5.11 Å². The number of rotatable bonds is 3. The van der Waals surface area contributed by atoms with Crippen LogP contribution in [0.15, 0.2) is 12.1 Å². The van der Waals surface area contributed by atoms with Crippen LogP contribution in [-0.2, 0) is 0 Å². The third kappa shape index (κ3) is 2.96. The third-order valence-electron chi connectivity index (χ3n) is 2.06. The highest BCUT2D eigenvalue weighted by molar-refractivity contribution is 14.1.